The lowest BCUT2D eigenvalue weighted by atomic mass is 10.0. The van der Waals surface area contributed by atoms with Crippen LogP contribution in [0.2, 0.25) is 0 Å². The zero-order valence-corrected chi connectivity index (χ0v) is 12.7. The minimum absolute atomic E-state index is 0.0149. The van der Waals surface area contributed by atoms with Gasteiger partial charge in [0, 0.05) is 5.56 Å². The highest BCUT2D eigenvalue weighted by molar-refractivity contribution is 6.06. The standard InChI is InChI=1S/C19H20O2/c1-14(2)16-7-9-17(10-8-16)19(20)13-6-15-4-11-18(21-3)12-5-15/h4-14H,1-3H3/b13-6+. The Hall–Kier alpha value is -2.35. The van der Waals surface area contributed by atoms with Gasteiger partial charge in [-0.15, -0.1) is 0 Å². The first kappa shape index (κ1) is 15.0. The Morgan fingerprint density at radius 2 is 1.62 bits per heavy atom. The summed E-state index contributed by atoms with van der Waals surface area (Å²) in [5.74, 6) is 1.30. The van der Waals surface area contributed by atoms with Crippen LogP contribution in [0.1, 0.15) is 41.3 Å². The predicted octanol–water partition coefficient (Wildman–Crippen LogP) is 4.71. The molecule has 0 aliphatic rings. The van der Waals surface area contributed by atoms with Crippen LogP contribution in [-0.2, 0) is 0 Å². The number of hydrogen-bond donors (Lipinski definition) is 0. The lowest BCUT2D eigenvalue weighted by Crippen LogP contribution is -1.95. The van der Waals surface area contributed by atoms with Gasteiger partial charge < -0.3 is 4.74 Å². The van der Waals surface area contributed by atoms with E-state index in [0.29, 0.717) is 11.5 Å². The zero-order valence-electron chi connectivity index (χ0n) is 12.7. The summed E-state index contributed by atoms with van der Waals surface area (Å²) in [6.07, 6.45) is 3.42. The van der Waals surface area contributed by atoms with Gasteiger partial charge in [0.2, 0.25) is 0 Å². The molecule has 0 spiro atoms. The third-order valence-corrected chi connectivity index (χ3v) is 3.40. The molecule has 2 rings (SSSR count). The summed E-state index contributed by atoms with van der Waals surface area (Å²) >= 11 is 0. The molecule has 2 heteroatoms. The van der Waals surface area contributed by atoms with E-state index in [0.717, 1.165) is 11.3 Å². The molecule has 0 saturated carbocycles. The third-order valence-electron chi connectivity index (χ3n) is 3.40. The maximum atomic E-state index is 12.1. The van der Waals surface area contributed by atoms with Gasteiger partial charge in [-0.25, -0.2) is 0 Å². The van der Waals surface area contributed by atoms with E-state index in [4.69, 9.17) is 4.74 Å². The topological polar surface area (TPSA) is 26.3 Å². The highest BCUT2D eigenvalue weighted by Crippen LogP contribution is 2.16. The number of methoxy groups -OCH3 is 1. The Kier molecular flexibility index (Phi) is 4.94. The van der Waals surface area contributed by atoms with Crippen LogP contribution < -0.4 is 4.74 Å². The van der Waals surface area contributed by atoms with E-state index in [-0.39, 0.29) is 5.78 Å². The molecule has 0 aromatic heterocycles. The number of ether oxygens (including phenoxy) is 1. The molecule has 0 radical (unpaired) electrons. The Bertz CT molecular complexity index is 620. The number of allylic oxidation sites excluding steroid dienone is 1. The van der Waals surface area contributed by atoms with Crippen LogP contribution in [0.4, 0.5) is 0 Å². The van der Waals surface area contributed by atoms with Crippen molar-refractivity contribution in [2.75, 3.05) is 7.11 Å². The van der Waals surface area contributed by atoms with Crippen LogP contribution in [0.3, 0.4) is 0 Å². The van der Waals surface area contributed by atoms with E-state index >= 15 is 0 Å². The summed E-state index contributed by atoms with van der Waals surface area (Å²) < 4.78 is 5.10. The van der Waals surface area contributed by atoms with Crippen molar-refractivity contribution in [1.82, 2.24) is 0 Å². The second kappa shape index (κ2) is 6.89. The van der Waals surface area contributed by atoms with Crippen molar-refractivity contribution < 1.29 is 9.53 Å². The van der Waals surface area contributed by atoms with Gasteiger partial charge in [0.25, 0.3) is 0 Å². The molecule has 0 aliphatic heterocycles. The van der Waals surface area contributed by atoms with Crippen LogP contribution in [-0.4, -0.2) is 12.9 Å². The molecule has 108 valence electrons. The van der Waals surface area contributed by atoms with Crippen molar-refractivity contribution >= 4 is 11.9 Å². The van der Waals surface area contributed by atoms with E-state index in [1.165, 1.54) is 5.56 Å². The summed E-state index contributed by atoms with van der Waals surface area (Å²) in [4.78, 5) is 12.1. The minimum Gasteiger partial charge on any atom is -0.497 e. The molecule has 0 fully saturated rings. The number of ketones is 1. The van der Waals surface area contributed by atoms with Crippen LogP contribution in [0.5, 0.6) is 5.75 Å². The van der Waals surface area contributed by atoms with E-state index in [9.17, 15) is 4.79 Å². The molecule has 2 aromatic rings. The quantitative estimate of drug-likeness (QED) is 0.585. The van der Waals surface area contributed by atoms with E-state index < -0.39 is 0 Å². The van der Waals surface area contributed by atoms with Gasteiger partial charge in [-0.3, -0.25) is 4.79 Å². The summed E-state index contributed by atoms with van der Waals surface area (Å²) in [7, 11) is 1.63. The summed E-state index contributed by atoms with van der Waals surface area (Å²) in [5, 5.41) is 0. The molecule has 2 aromatic carbocycles. The van der Waals surface area contributed by atoms with Gasteiger partial charge in [0.05, 0.1) is 7.11 Å². The molecule has 0 heterocycles. The molecule has 0 N–H and O–H groups in total. The molecular formula is C19H20O2. The predicted molar refractivity (Wildman–Crippen MR) is 86.9 cm³/mol. The monoisotopic (exact) mass is 280 g/mol. The van der Waals surface area contributed by atoms with E-state index in [2.05, 4.69) is 13.8 Å². The molecule has 0 saturated heterocycles. The largest absolute Gasteiger partial charge is 0.497 e. The minimum atomic E-state index is 0.0149. The highest BCUT2D eigenvalue weighted by atomic mass is 16.5. The first-order valence-electron chi connectivity index (χ1n) is 7.06. The van der Waals surface area contributed by atoms with Crippen molar-refractivity contribution in [1.29, 1.82) is 0 Å². The van der Waals surface area contributed by atoms with Gasteiger partial charge in [-0.1, -0.05) is 56.3 Å². The molecule has 0 unspecified atom stereocenters. The SMILES string of the molecule is COc1ccc(/C=C/C(=O)c2ccc(C(C)C)cc2)cc1. The van der Waals surface area contributed by atoms with Gasteiger partial charge in [0.15, 0.2) is 5.78 Å². The van der Waals surface area contributed by atoms with Crippen molar-refractivity contribution in [3.05, 3.63) is 71.3 Å². The number of carbonyl (C=O) groups is 1. The van der Waals surface area contributed by atoms with Crippen molar-refractivity contribution in [3.63, 3.8) is 0 Å². The van der Waals surface area contributed by atoms with Gasteiger partial charge >= 0.3 is 0 Å². The van der Waals surface area contributed by atoms with Crippen molar-refractivity contribution in [3.8, 4) is 5.75 Å². The average molecular weight is 280 g/mol. The fraction of sp³-hybridized carbons (Fsp3) is 0.211. The number of hydrogen-bond acceptors (Lipinski definition) is 2. The van der Waals surface area contributed by atoms with Crippen LogP contribution in [0.25, 0.3) is 6.08 Å². The van der Waals surface area contributed by atoms with Gasteiger partial charge in [-0.05, 0) is 35.3 Å². The molecule has 0 bridgehead atoms. The maximum Gasteiger partial charge on any atom is 0.185 e. The molecule has 0 amide bonds. The lowest BCUT2D eigenvalue weighted by Gasteiger charge is -2.05. The molecule has 21 heavy (non-hydrogen) atoms. The van der Waals surface area contributed by atoms with Crippen LogP contribution in [0.15, 0.2) is 54.6 Å². The zero-order chi connectivity index (χ0) is 15.2. The Morgan fingerprint density at radius 1 is 1.00 bits per heavy atom. The second-order valence-electron chi connectivity index (χ2n) is 5.25. The first-order valence-corrected chi connectivity index (χ1v) is 7.06. The fourth-order valence-corrected chi connectivity index (χ4v) is 2.02. The highest BCUT2D eigenvalue weighted by Gasteiger charge is 2.03. The third kappa shape index (κ3) is 4.06. The van der Waals surface area contributed by atoms with Crippen molar-refractivity contribution in [2.45, 2.75) is 19.8 Å². The number of carbonyl (C=O) groups excluding carboxylic acids is 1. The van der Waals surface area contributed by atoms with Crippen LogP contribution >= 0.6 is 0 Å². The first-order chi connectivity index (χ1) is 10.1. The van der Waals surface area contributed by atoms with Crippen LogP contribution in [0, 0.1) is 0 Å². The molecular weight excluding hydrogens is 260 g/mol. The van der Waals surface area contributed by atoms with Crippen molar-refractivity contribution in [2.24, 2.45) is 0 Å². The molecule has 0 aliphatic carbocycles. The maximum absolute atomic E-state index is 12.1. The number of benzene rings is 2. The summed E-state index contributed by atoms with van der Waals surface area (Å²) in [5.41, 5.74) is 2.93. The normalized spacial score (nSPS) is 11.0. The van der Waals surface area contributed by atoms with E-state index in [1.807, 2.05) is 54.6 Å². The Balaban J connectivity index is 2.07. The average Bonchev–Trinajstić information content (AvgIpc) is 2.53. The Labute approximate surface area is 126 Å². The molecule has 2 nitrogen and oxygen atoms in total. The second-order valence-corrected chi connectivity index (χ2v) is 5.25. The van der Waals surface area contributed by atoms with Gasteiger partial charge in [-0.2, -0.15) is 0 Å². The smallest absolute Gasteiger partial charge is 0.185 e. The van der Waals surface area contributed by atoms with Gasteiger partial charge in [0.1, 0.15) is 5.75 Å². The lowest BCUT2D eigenvalue weighted by molar-refractivity contribution is 0.104. The summed E-state index contributed by atoms with van der Waals surface area (Å²) in [6, 6.07) is 15.4. The fourth-order valence-electron chi connectivity index (χ4n) is 2.02. The van der Waals surface area contributed by atoms with E-state index in [1.54, 1.807) is 13.2 Å². The molecule has 0 atom stereocenters. The number of rotatable bonds is 5. The Morgan fingerprint density at radius 3 is 2.14 bits per heavy atom. The summed E-state index contributed by atoms with van der Waals surface area (Å²) in [6.45, 7) is 4.28.